The lowest BCUT2D eigenvalue weighted by atomic mass is 10.1. The van der Waals surface area contributed by atoms with E-state index in [2.05, 4.69) is 0 Å². The van der Waals surface area contributed by atoms with Gasteiger partial charge in [-0.25, -0.2) is 0 Å². The van der Waals surface area contributed by atoms with Crippen molar-refractivity contribution in [2.45, 2.75) is 18.9 Å². The second-order valence-corrected chi connectivity index (χ2v) is 3.80. The summed E-state index contributed by atoms with van der Waals surface area (Å²) in [6.45, 7) is 0. The maximum atomic E-state index is 11.9. The Morgan fingerprint density at radius 1 is 1.21 bits per heavy atom. The average Bonchev–Trinajstić information content (AvgIpc) is 2.99. The van der Waals surface area contributed by atoms with Crippen LogP contribution < -0.4 is 0 Å². The third-order valence-corrected chi connectivity index (χ3v) is 2.78. The molecule has 0 saturated heterocycles. The number of nitrogens with one attached hydrogen (secondary N) is 1. The molecule has 1 fully saturated rings. The van der Waals surface area contributed by atoms with Crippen LogP contribution in [0, 0.1) is 5.41 Å². The van der Waals surface area contributed by atoms with E-state index >= 15 is 0 Å². The molecule has 1 N–H and O–H groups in total. The van der Waals surface area contributed by atoms with Gasteiger partial charge < -0.3 is 0 Å². The second kappa shape index (κ2) is 2.44. The summed E-state index contributed by atoms with van der Waals surface area (Å²) in [7, 11) is 0. The van der Waals surface area contributed by atoms with Gasteiger partial charge in [-0.1, -0.05) is 18.2 Å². The lowest BCUT2D eigenvalue weighted by Gasteiger charge is -2.13. The van der Waals surface area contributed by atoms with Crippen molar-refractivity contribution >= 4 is 11.7 Å². The zero-order valence-electron chi connectivity index (χ0n) is 7.66. The van der Waals surface area contributed by atoms with E-state index in [0.717, 1.165) is 18.4 Å². The fourth-order valence-electron chi connectivity index (χ4n) is 1.92. The number of amidine groups is 1. The highest BCUT2D eigenvalue weighted by molar-refractivity contribution is 6.22. The van der Waals surface area contributed by atoms with Gasteiger partial charge in [-0.2, -0.15) is 0 Å². The summed E-state index contributed by atoms with van der Waals surface area (Å²) in [5.74, 6) is 0.390. The van der Waals surface area contributed by atoms with E-state index in [4.69, 9.17) is 5.41 Å². The van der Waals surface area contributed by atoms with Gasteiger partial charge in [0, 0.05) is 11.6 Å². The van der Waals surface area contributed by atoms with Crippen molar-refractivity contribution < 1.29 is 4.79 Å². The van der Waals surface area contributed by atoms with Gasteiger partial charge in [0.05, 0.1) is 5.56 Å². The van der Waals surface area contributed by atoms with E-state index in [1.165, 1.54) is 0 Å². The molecule has 70 valence electrons. The molecule has 1 aromatic carbocycles. The molecule has 1 amide bonds. The fourth-order valence-corrected chi connectivity index (χ4v) is 1.92. The molecule has 3 rings (SSSR count). The Labute approximate surface area is 81.9 Å². The zero-order chi connectivity index (χ0) is 9.71. The summed E-state index contributed by atoms with van der Waals surface area (Å²) in [6, 6.07) is 7.66. The van der Waals surface area contributed by atoms with E-state index in [1.807, 2.05) is 18.2 Å². The number of benzene rings is 1. The maximum absolute atomic E-state index is 11.9. The number of nitrogens with zero attached hydrogens (tertiary/aromatic N) is 1. The third kappa shape index (κ3) is 0.867. The van der Waals surface area contributed by atoms with E-state index in [-0.39, 0.29) is 5.91 Å². The Balaban J connectivity index is 2.12. The van der Waals surface area contributed by atoms with Crippen LogP contribution in [0.15, 0.2) is 24.3 Å². The molecule has 0 aromatic heterocycles. The molecule has 0 radical (unpaired) electrons. The quantitative estimate of drug-likeness (QED) is 0.711. The number of hydrogen-bond donors (Lipinski definition) is 1. The van der Waals surface area contributed by atoms with Crippen molar-refractivity contribution in [2.24, 2.45) is 0 Å². The van der Waals surface area contributed by atoms with E-state index < -0.39 is 0 Å². The molecule has 14 heavy (non-hydrogen) atoms. The van der Waals surface area contributed by atoms with Crippen LogP contribution in [0.5, 0.6) is 0 Å². The second-order valence-electron chi connectivity index (χ2n) is 3.80. The minimum atomic E-state index is 0.00750. The van der Waals surface area contributed by atoms with Crippen LogP contribution in [0.3, 0.4) is 0 Å². The lowest BCUT2D eigenvalue weighted by Crippen LogP contribution is -2.31. The predicted octanol–water partition coefficient (Wildman–Crippen LogP) is 1.63. The molecule has 0 atom stereocenters. The number of carbonyl (C=O) groups excluding carboxylic acids is 1. The molecule has 0 bridgehead atoms. The molecule has 1 saturated carbocycles. The van der Waals surface area contributed by atoms with Crippen molar-refractivity contribution in [1.82, 2.24) is 4.90 Å². The Morgan fingerprint density at radius 3 is 2.43 bits per heavy atom. The van der Waals surface area contributed by atoms with Crippen LogP contribution in [-0.2, 0) is 0 Å². The fraction of sp³-hybridized carbons (Fsp3) is 0.273. The Kier molecular flexibility index (Phi) is 1.35. The molecule has 0 spiro atoms. The molecule has 1 heterocycles. The van der Waals surface area contributed by atoms with Gasteiger partial charge in [0.2, 0.25) is 0 Å². The molecule has 1 aliphatic heterocycles. The first kappa shape index (κ1) is 7.74. The molecule has 3 heteroatoms. The highest BCUT2D eigenvalue weighted by atomic mass is 16.2. The van der Waals surface area contributed by atoms with Gasteiger partial charge in [-0.15, -0.1) is 0 Å². The van der Waals surface area contributed by atoms with Gasteiger partial charge in [-0.05, 0) is 18.9 Å². The molecule has 3 nitrogen and oxygen atoms in total. The molecular weight excluding hydrogens is 176 g/mol. The van der Waals surface area contributed by atoms with Crippen LogP contribution in [0.1, 0.15) is 28.8 Å². The van der Waals surface area contributed by atoms with E-state index in [1.54, 1.807) is 11.0 Å². The maximum Gasteiger partial charge on any atom is 0.260 e. The Hall–Kier alpha value is -1.64. The normalized spacial score (nSPS) is 20.1. The van der Waals surface area contributed by atoms with Gasteiger partial charge >= 0.3 is 0 Å². The highest BCUT2D eigenvalue weighted by Gasteiger charge is 2.41. The summed E-state index contributed by atoms with van der Waals surface area (Å²) in [5.41, 5.74) is 1.47. The summed E-state index contributed by atoms with van der Waals surface area (Å²) in [5, 5.41) is 7.89. The van der Waals surface area contributed by atoms with Gasteiger partial charge in [-0.3, -0.25) is 15.1 Å². The van der Waals surface area contributed by atoms with Gasteiger partial charge in [0.25, 0.3) is 5.91 Å². The average molecular weight is 186 g/mol. The predicted molar refractivity (Wildman–Crippen MR) is 52.5 cm³/mol. The first-order valence-electron chi connectivity index (χ1n) is 4.80. The van der Waals surface area contributed by atoms with Crippen molar-refractivity contribution in [2.75, 3.05) is 0 Å². The first-order chi connectivity index (χ1) is 6.79. The number of rotatable bonds is 1. The number of hydrogen-bond acceptors (Lipinski definition) is 2. The third-order valence-electron chi connectivity index (χ3n) is 2.78. The summed E-state index contributed by atoms with van der Waals surface area (Å²) >= 11 is 0. The Morgan fingerprint density at radius 2 is 1.86 bits per heavy atom. The van der Waals surface area contributed by atoms with Crippen LogP contribution in [-0.4, -0.2) is 22.7 Å². The minimum absolute atomic E-state index is 0.00750. The number of carbonyl (C=O) groups is 1. The van der Waals surface area contributed by atoms with Crippen LogP contribution in [0.2, 0.25) is 0 Å². The molecule has 0 unspecified atom stereocenters. The molecule has 1 aromatic rings. The smallest absolute Gasteiger partial charge is 0.260 e. The van der Waals surface area contributed by atoms with Crippen LogP contribution in [0.25, 0.3) is 0 Å². The molecule has 1 aliphatic carbocycles. The monoisotopic (exact) mass is 186 g/mol. The SMILES string of the molecule is N=C1c2ccccc2C(=O)N1C1CC1. The van der Waals surface area contributed by atoms with Crippen molar-refractivity contribution in [3.8, 4) is 0 Å². The summed E-state index contributed by atoms with van der Waals surface area (Å²) in [4.78, 5) is 13.5. The van der Waals surface area contributed by atoms with Crippen LogP contribution >= 0.6 is 0 Å². The molecular formula is C11H10N2O. The lowest BCUT2D eigenvalue weighted by molar-refractivity contribution is 0.0852. The largest absolute Gasteiger partial charge is 0.290 e. The molecule has 2 aliphatic rings. The minimum Gasteiger partial charge on any atom is -0.290 e. The van der Waals surface area contributed by atoms with Crippen LogP contribution in [0.4, 0.5) is 0 Å². The number of fused-ring (bicyclic) bond motifs is 1. The standard InChI is InChI=1S/C11H10N2O/c12-10-8-3-1-2-4-9(8)11(14)13(10)7-5-6-7/h1-4,7,12H,5-6H2. The topological polar surface area (TPSA) is 44.2 Å². The Bertz CT molecular complexity index is 400. The summed E-state index contributed by atoms with van der Waals surface area (Å²) in [6.07, 6.45) is 2.09. The highest BCUT2D eigenvalue weighted by Crippen LogP contribution is 2.34. The van der Waals surface area contributed by atoms with E-state index in [9.17, 15) is 4.79 Å². The van der Waals surface area contributed by atoms with Gasteiger partial charge in [0.15, 0.2) is 0 Å². The first-order valence-corrected chi connectivity index (χ1v) is 4.80. The van der Waals surface area contributed by atoms with E-state index in [0.29, 0.717) is 17.4 Å². The van der Waals surface area contributed by atoms with Crippen molar-refractivity contribution in [1.29, 1.82) is 5.41 Å². The van der Waals surface area contributed by atoms with Gasteiger partial charge in [0.1, 0.15) is 5.84 Å². The van der Waals surface area contributed by atoms with Crippen molar-refractivity contribution in [3.63, 3.8) is 0 Å². The number of amides is 1. The zero-order valence-corrected chi connectivity index (χ0v) is 7.66. The van der Waals surface area contributed by atoms with Crippen molar-refractivity contribution in [3.05, 3.63) is 35.4 Å². The summed E-state index contributed by atoms with van der Waals surface area (Å²) < 4.78 is 0.